The summed E-state index contributed by atoms with van der Waals surface area (Å²) in [4.78, 5) is 24.6. The van der Waals surface area contributed by atoms with Gasteiger partial charge in [0.1, 0.15) is 12.1 Å². The molecule has 0 saturated carbocycles. The van der Waals surface area contributed by atoms with Crippen molar-refractivity contribution in [2.45, 2.75) is 13.1 Å². The van der Waals surface area contributed by atoms with Gasteiger partial charge in [-0.1, -0.05) is 30.3 Å². The third-order valence-electron chi connectivity index (χ3n) is 4.46. The van der Waals surface area contributed by atoms with Gasteiger partial charge in [-0.05, 0) is 29.3 Å². The summed E-state index contributed by atoms with van der Waals surface area (Å²) in [5.74, 6) is -1.40. The molecule has 4 rings (SSSR count). The number of benzene rings is 2. The van der Waals surface area contributed by atoms with Gasteiger partial charge in [0.2, 0.25) is 5.56 Å². The molecule has 2 heterocycles. The van der Waals surface area contributed by atoms with Gasteiger partial charge >= 0.3 is 0 Å². The lowest BCUT2D eigenvalue weighted by atomic mass is 10.1. The van der Waals surface area contributed by atoms with E-state index in [0.717, 1.165) is 11.6 Å². The zero-order valence-corrected chi connectivity index (χ0v) is 14.8. The Bertz CT molecular complexity index is 1160. The molecule has 2 aromatic carbocycles. The molecule has 0 atom stereocenters. The number of pyridine rings is 1. The van der Waals surface area contributed by atoms with E-state index in [4.69, 9.17) is 0 Å². The molecule has 0 spiro atoms. The zero-order chi connectivity index (χ0) is 19.5. The SMILES string of the molecule is O=c1cc(CN(Cc2ccccc2)c2ccncn2)c2ccc(F)c(F)c2[nH]1. The maximum atomic E-state index is 14.2. The van der Waals surface area contributed by atoms with Crippen LogP contribution in [0, 0.1) is 11.6 Å². The smallest absolute Gasteiger partial charge is 0.248 e. The maximum absolute atomic E-state index is 14.2. The van der Waals surface area contributed by atoms with Crippen LogP contribution in [-0.2, 0) is 13.1 Å². The van der Waals surface area contributed by atoms with Gasteiger partial charge in [0, 0.05) is 30.7 Å². The molecule has 0 bridgehead atoms. The first-order valence-electron chi connectivity index (χ1n) is 8.66. The molecule has 0 aliphatic carbocycles. The maximum Gasteiger partial charge on any atom is 0.248 e. The monoisotopic (exact) mass is 378 g/mol. The number of nitrogens with zero attached hydrogens (tertiary/aromatic N) is 3. The number of hydrogen-bond donors (Lipinski definition) is 1. The van der Waals surface area contributed by atoms with E-state index in [1.165, 1.54) is 18.5 Å². The molecule has 0 fully saturated rings. The van der Waals surface area contributed by atoms with Crippen LogP contribution in [-0.4, -0.2) is 15.0 Å². The highest BCUT2D eigenvalue weighted by Gasteiger charge is 2.16. The molecule has 28 heavy (non-hydrogen) atoms. The normalized spacial score (nSPS) is 10.9. The highest BCUT2D eigenvalue weighted by Crippen LogP contribution is 2.24. The molecular formula is C21H16F2N4O. The molecule has 1 N–H and O–H groups in total. The number of halogens is 2. The highest BCUT2D eigenvalue weighted by atomic mass is 19.2. The summed E-state index contributed by atoms with van der Waals surface area (Å²) in [5, 5.41) is 0.450. The molecule has 0 unspecified atom stereocenters. The van der Waals surface area contributed by atoms with E-state index < -0.39 is 17.2 Å². The van der Waals surface area contributed by atoms with Gasteiger partial charge in [0.15, 0.2) is 11.6 Å². The lowest BCUT2D eigenvalue weighted by Gasteiger charge is -2.24. The van der Waals surface area contributed by atoms with Crippen molar-refractivity contribution >= 4 is 16.7 Å². The zero-order valence-electron chi connectivity index (χ0n) is 14.8. The number of anilines is 1. The lowest BCUT2D eigenvalue weighted by molar-refractivity contribution is 0.515. The van der Waals surface area contributed by atoms with E-state index >= 15 is 0 Å². The molecule has 0 saturated heterocycles. The van der Waals surface area contributed by atoms with Crippen LogP contribution in [0.15, 0.2) is 71.9 Å². The lowest BCUT2D eigenvalue weighted by Crippen LogP contribution is -2.24. The van der Waals surface area contributed by atoms with Crippen LogP contribution in [0.3, 0.4) is 0 Å². The topological polar surface area (TPSA) is 61.9 Å². The van der Waals surface area contributed by atoms with Gasteiger partial charge in [-0.3, -0.25) is 4.79 Å². The molecule has 4 aromatic rings. The van der Waals surface area contributed by atoms with E-state index in [2.05, 4.69) is 15.0 Å². The van der Waals surface area contributed by atoms with E-state index in [0.29, 0.717) is 23.3 Å². The van der Waals surface area contributed by atoms with Crippen LogP contribution in [0.4, 0.5) is 14.6 Å². The number of nitrogens with one attached hydrogen (secondary N) is 1. The number of aromatic nitrogens is 3. The fourth-order valence-electron chi connectivity index (χ4n) is 3.16. The van der Waals surface area contributed by atoms with Gasteiger partial charge in [0.05, 0.1) is 5.52 Å². The van der Waals surface area contributed by atoms with Gasteiger partial charge < -0.3 is 9.88 Å². The van der Waals surface area contributed by atoms with Crippen molar-refractivity contribution in [3.05, 3.63) is 100 Å². The Labute approximate surface area is 159 Å². The molecule has 0 aliphatic heterocycles. The predicted molar refractivity (Wildman–Crippen MR) is 103 cm³/mol. The Hall–Kier alpha value is -3.61. The third kappa shape index (κ3) is 3.59. The van der Waals surface area contributed by atoms with Gasteiger partial charge in [0.25, 0.3) is 0 Å². The number of H-pyrrole nitrogens is 1. The third-order valence-corrected chi connectivity index (χ3v) is 4.46. The average Bonchev–Trinajstić information content (AvgIpc) is 2.72. The second kappa shape index (κ2) is 7.56. The standard InChI is InChI=1S/C21H16F2N4O/c22-17-7-6-16-15(10-19(28)26-21(16)20(17)23)12-27(18-8-9-24-13-25-18)11-14-4-2-1-3-5-14/h1-10,13H,11-12H2,(H,26,28). The fourth-order valence-corrected chi connectivity index (χ4v) is 3.16. The van der Waals surface area contributed by atoms with E-state index in [-0.39, 0.29) is 12.1 Å². The van der Waals surface area contributed by atoms with Crippen molar-refractivity contribution in [2.24, 2.45) is 0 Å². The number of aromatic amines is 1. The Balaban J connectivity index is 1.79. The Morgan fingerprint density at radius 1 is 1.00 bits per heavy atom. The minimum atomic E-state index is -1.06. The van der Waals surface area contributed by atoms with Gasteiger partial charge in [-0.2, -0.15) is 0 Å². The molecule has 5 nitrogen and oxygen atoms in total. The van der Waals surface area contributed by atoms with Crippen molar-refractivity contribution in [3.63, 3.8) is 0 Å². The van der Waals surface area contributed by atoms with E-state index in [9.17, 15) is 13.6 Å². The molecule has 0 radical (unpaired) electrons. The van der Waals surface area contributed by atoms with Crippen LogP contribution in [0.2, 0.25) is 0 Å². The van der Waals surface area contributed by atoms with Gasteiger partial charge in [-0.25, -0.2) is 18.7 Å². The molecule has 0 amide bonds. The number of hydrogen-bond acceptors (Lipinski definition) is 4. The Kier molecular flexibility index (Phi) is 4.80. The van der Waals surface area contributed by atoms with Crippen molar-refractivity contribution in [1.82, 2.24) is 15.0 Å². The largest absolute Gasteiger partial charge is 0.348 e. The average molecular weight is 378 g/mol. The van der Waals surface area contributed by atoms with Crippen LogP contribution in [0.25, 0.3) is 10.9 Å². The Morgan fingerprint density at radius 3 is 2.57 bits per heavy atom. The van der Waals surface area contributed by atoms with E-state index in [1.54, 1.807) is 12.3 Å². The number of fused-ring (bicyclic) bond motifs is 1. The van der Waals surface area contributed by atoms with Crippen LogP contribution in [0.1, 0.15) is 11.1 Å². The summed E-state index contributed by atoms with van der Waals surface area (Å²) in [6.45, 7) is 0.813. The molecule has 2 aromatic heterocycles. The fraction of sp³-hybridized carbons (Fsp3) is 0.0952. The summed E-state index contributed by atoms with van der Waals surface area (Å²) < 4.78 is 27.8. The first kappa shape index (κ1) is 17.8. The first-order valence-corrected chi connectivity index (χ1v) is 8.66. The molecular weight excluding hydrogens is 362 g/mol. The molecule has 140 valence electrons. The van der Waals surface area contributed by atoms with Crippen LogP contribution >= 0.6 is 0 Å². The summed E-state index contributed by atoms with van der Waals surface area (Å²) in [6, 6.07) is 15.5. The van der Waals surface area contributed by atoms with Crippen molar-refractivity contribution < 1.29 is 8.78 Å². The second-order valence-corrected chi connectivity index (χ2v) is 6.35. The number of rotatable bonds is 5. The summed E-state index contributed by atoms with van der Waals surface area (Å²) in [6.07, 6.45) is 3.07. The van der Waals surface area contributed by atoms with E-state index in [1.807, 2.05) is 35.2 Å². The minimum absolute atomic E-state index is 0.134. The molecule has 7 heteroatoms. The first-order chi connectivity index (χ1) is 13.6. The predicted octanol–water partition coefficient (Wildman–Crippen LogP) is 3.80. The minimum Gasteiger partial charge on any atom is -0.348 e. The van der Waals surface area contributed by atoms with Gasteiger partial charge in [-0.15, -0.1) is 0 Å². The quantitative estimate of drug-likeness (QED) is 0.574. The summed E-state index contributed by atoms with van der Waals surface area (Å²) >= 11 is 0. The second-order valence-electron chi connectivity index (χ2n) is 6.35. The van der Waals surface area contributed by atoms with Crippen molar-refractivity contribution in [3.8, 4) is 0 Å². The van der Waals surface area contributed by atoms with Crippen molar-refractivity contribution in [1.29, 1.82) is 0 Å². The Morgan fingerprint density at radius 2 is 1.82 bits per heavy atom. The summed E-state index contributed by atoms with van der Waals surface area (Å²) in [5.41, 5.74) is 0.999. The highest BCUT2D eigenvalue weighted by molar-refractivity contribution is 5.82. The molecule has 0 aliphatic rings. The van der Waals surface area contributed by atoms with Crippen LogP contribution < -0.4 is 10.5 Å². The van der Waals surface area contributed by atoms with Crippen LogP contribution in [0.5, 0.6) is 0 Å². The van der Waals surface area contributed by atoms with Crippen molar-refractivity contribution in [2.75, 3.05) is 4.90 Å². The summed E-state index contributed by atoms with van der Waals surface area (Å²) in [7, 11) is 0.